The first-order chi connectivity index (χ1) is 35.0. The highest BCUT2D eigenvalue weighted by atomic mass is 16.3. The lowest BCUT2D eigenvalue weighted by Crippen LogP contribution is -2.60. The summed E-state index contributed by atoms with van der Waals surface area (Å²) in [4.78, 5) is 101. The lowest BCUT2D eigenvalue weighted by Gasteiger charge is -2.34. The highest BCUT2D eigenvalue weighted by Gasteiger charge is 2.48. The van der Waals surface area contributed by atoms with Crippen molar-refractivity contribution in [3.05, 3.63) is 29.8 Å². The van der Waals surface area contributed by atoms with Crippen molar-refractivity contribution in [2.45, 2.75) is 203 Å². The number of phenolic OH excluding ortho intramolecular Hbond substituents is 1. The van der Waals surface area contributed by atoms with Gasteiger partial charge in [-0.05, 0) is 62.3 Å². The Labute approximate surface area is 432 Å². The number of nitrogens with two attached hydrogens (primary N) is 1. The summed E-state index contributed by atoms with van der Waals surface area (Å²) in [6, 6.07) is -3.94. The maximum absolute atomic E-state index is 14.4. The number of hydrogen-bond donors (Lipinski definition) is 14. The van der Waals surface area contributed by atoms with Crippen LogP contribution in [-0.2, 0) is 33.6 Å². The number of nitrogens with zero attached hydrogens (tertiary/aromatic N) is 2. The third-order valence-electron chi connectivity index (χ3n) is 14.6. The van der Waals surface area contributed by atoms with Crippen LogP contribution in [0, 0.1) is 17.8 Å². The zero-order valence-corrected chi connectivity index (χ0v) is 43.1. The summed E-state index contributed by atoms with van der Waals surface area (Å²) < 4.78 is 0. The van der Waals surface area contributed by atoms with Gasteiger partial charge in [-0.3, -0.25) is 33.6 Å². The third kappa shape index (κ3) is 17.6. The average Bonchev–Trinajstić information content (AvgIpc) is 3.95. The number of aliphatic hydroxyl groups excluding tert-OH is 8. The summed E-state index contributed by atoms with van der Waals surface area (Å²) in [6.45, 7) is 6.57. The Bertz CT molecular complexity index is 2020. The fourth-order valence-electron chi connectivity index (χ4n) is 10.1. The van der Waals surface area contributed by atoms with E-state index in [4.69, 9.17) is 5.73 Å². The molecule has 3 fully saturated rings. The Morgan fingerprint density at radius 1 is 0.716 bits per heavy atom. The molecule has 3 aliphatic heterocycles. The number of Topliss-reactive ketones (excluding diaryl/α,β-unsaturated/α-hetero) is 1. The molecule has 16 atom stereocenters. The number of amides is 6. The van der Waals surface area contributed by atoms with Crippen LogP contribution in [0.1, 0.15) is 136 Å². The van der Waals surface area contributed by atoms with Crippen molar-refractivity contribution in [1.82, 2.24) is 31.1 Å². The molecule has 3 saturated heterocycles. The minimum absolute atomic E-state index is 0.0300. The van der Waals surface area contributed by atoms with Gasteiger partial charge >= 0.3 is 0 Å². The lowest BCUT2D eigenvalue weighted by atomic mass is 9.86. The van der Waals surface area contributed by atoms with Crippen molar-refractivity contribution in [2.24, 2.45) is 23.5 Å². The molecule has 0 saturated carbocycles. The smallest absolute Gasteiger partial charge is 0.248 e. The number of benzene rings is 1. The predicted octanol–water partition coefficient (Wildman–Crippen LogP) is -1.78. The molecule has 418 valence electrons. The first kappa shape index (κ1) is 61.7. The average molecular weight is 1050 g/mol. The number of carbonyl (C=O) groups excluding carboxylic acids is 7. The van der Waals surface area contributed by atoms with Gasteiger partial charge in [0.25, 0.3) is 0 Å². The molecule has 1 aromatic carbocycles. The summed E-state index contributed by atoms with van der Waals surface area (Å²) in [5.41, 5.74) is 5.68. The second kappa shape index (κ2) is 29.4. The Kier molecular flexibility index (Phi) is 24.6. The minimum Gasteiger partial charge on any atom is -0.508 e. The normalized spacial score (nSPS) is 29.4. The van der Waals surface area contributed by atoms with Crippen LogP contribution >= 0.6 is 0 Å². The molecule has 0 radical (unpaired) electrons. The quantitative estimate of drug-likeness (QED) is 0.0642. The van der Waals surface area contributed by atoms with E-state index in [1.165, 1.54) is 30.7 Å². The molecule has 74 heavy (non-hydrogen) atoms. The minimum atomic E-state index is -2.19. The number of ketones is 1. The second-order valence-corrected chi connectivity index (χ2v) is 20.8. The van der Waals surface area contributed by atoms with E-state index >= 15 is 0 Å². The van der Waals surface area contributed by atoms with Crippen LogP contribution < -0.4 is 27.0 Å². The zero-order chi connectivity index (χ0) is 55.0. The first-order valence-corrected chi connectivity index (χ1v) is 26.2. The number of nitrogens with one attached hydrogen (secondary N) is 4. The SMILES string of the molecule is CC[C@H](C)C[C@H](C)CCCCCCCCC(=O)N[C@H]1C[C@@H](O)[C@@H](O)NC(=O)[C@@H]2C[C@@H](O)CN2C(=O)[C@H]([C@H](O)CCN)NC(=O)[C@H]([C@H](O)[C@@H](O)c2ccc(O)cc2)CC(=O)[C@@H]2C[C@@H](O)CN2C(=O)[C@H]([C@@H](C)O)NC1=O. The molecule has 23 nitrogen and oxygen atoms in total. The van der Waals surface area contributed by atoms with Crippen LogP contribution in [0.5, 0.6) is 5.75 Å². The standard InChI is InChI=1S/C51H83N7O16/c1-5-27(2)20-28(3)12-10-8-6-7-9-11-13-41(66)53-35-24-40(65)49(72)56-48(71)37-22-33(62)26-58(37)51(74)43(38(63)18-19-52)55-46(69)34(45(68)44(67)30-14-16-31(60)17-15-30)23-39(64)36-21-32(61)25-57(36)50(73)42(29(4)59)54-47(35)70/h14-17,27-29,32-38,40,42-45,49,59-63,65,67-68,72H,5-13,18-26,52H2,1-4H3,(H,53,66)(H,54,70)(H,55,69)(H,56,71)/t27-,28+,29+,32+,33+,34-,35-,36-,37-,38+,40+,42-,43-,44-,45-,49+/m0/s1. The number of phenols is 1. The zero-order valence-electron chi connectivity index (χ0n) is 43.1. The van der Waals surface area contributed by atoms with E-state index in [1.807, 2.05) is 0 Å². The number of aliphatic hydroxyl groups is 8. The highest BCUT2D eigenvalue weighted by Crippen LogP contribution is 2.30. The van der Waals surface area contributed by atoms with Crippen LogP contribution in [0.2, 0.25) is 0 Å². The van der Waals surface area contributed by atoms with E-state index in [1.54, 1.807) is 0 Å². The largest absolute Gasteiger partial charge is 0.508 e. The number of hydrogen-bond acceptors (Lipinski definition) is 17. The number of unbranched alkanes of at least 4 members (excludes halogenated alkanes) is 5. The van der Waals surface area contributed by atoms with Crippen LogP contribution in [0.3, 0.4) is 0 Å². The number of carbonyl (C=O) groups is 7. The Morgan fingerprint density at radius 3 is 1.89 bits per heavy atom. The van der Waals surface area contributed by atoms with Crippen molar-refractivity contribution in [3.8, 4) is 5.75 Å². The molecule has 0 bridgehead atoms. The summed E-state index contributed by atoms with van der Waals surface area (Å²) in [5.74, 6) is -8.28. The van der Waals surface area contributed by atoms with Gasteiger partial charge in [0.2, 0.25) is 35.4 Å². The maximum Gasteiger partial charge on any atom is 0.248 e. The van der Waals surface area contributed by atoms with Crippen molar-refractivity contribution < 1.29 is 79.5 Å². The van der Waals surface area contributed by atoms with Gasteiger partial charge in [0.15, 0.2) is 12.0 Å². The number of aromatic hydroxyl groups is 1. The molecule has 0 aromatic heterocycles. The molecule has 1 aromatic rings. The van der Waals surface area contributed by atoms with Gasteiger partial charge in [0.05, 0.1) is 42.5 Å². The van der Waals surface area contributed by atoms with Crippen LogP contribution in [-0.4, -0.2) is 190 Å². The molecule has 4 rings (SSSR count). The molecular formula is C51H83N7O16. The van der Waals surface area contributed by atoms with Gasteiger partial charge in [-0.2, -0.15) is 0 Å². The van der Waals surface area contributed by atoms with Crippen LogP contribution in [0.25, 0.3) is 0 Å². The predicted molar refractivity (Wildman–Crippen MR) is 267 cm³/mol. The van der Waals surface area contributed by atoms with Crippen LogP contribution in [0.15, 0.2) is 24.3 Å². The van der Waals surface area contributed by atoms with E-state index in [-0.39, 0.29) is 30.7 Å². The van der Waals surface area contributed by atoms with Gasteiger partial charge in [0.1, 0.15) is 42.1 Å². The van der Waals surface area contributed by atoms with Crippen molar-refractivity contribution in [2.75, 3.05) is 19.6 Å². The molecule has 3 heterocycles. The summed E-state index contributed by atoms with van der Waals surface area (Å²) >= 11 is 0. The van der Waals surface area contributed by atoms with Crippen molar-refractivity contribution in [3.63, 3.8) is 0 Å². The summed E-state index contributed by atoms with van der Waals surface area (Å²) in [7, 11) is 0. The number of rotatable bonds is 20. The topological polar surface area (TPSA) is 382 Å². The van der Waals surface area contributed by atoms with Gasteiger partial charge in [-0.25, -0.2) is 0 Å². The maximum atomic E-state index is 14.4. The van der Waals surface area contributed by atoms with E-state index < -0.39 is 165 Å². The molecule has 3 aliphatic rings. The third-order valence-corrected chi connectivity index (χ3v) is 14.6. The Morgan fingerprint density at radius 2 is 1.28 bits per heavy atom. The Hall–Kier alpha value is -4.85. The van der Waals surface area contributed by atoms with Crippen molar-refractivity contribution in [1.29, 1.82) is 0 Å². The monoisotopic (exact) mass is 1050 g/mol. The van der Waals surface area contributed by atoms with Crippen LogP contribution in [0.4, 0.5) is 0 Å². The molecule has 6 amide bonds. The molecular weight excluding hydrogens is 967 g/mol. The summed E-state index contributed by atoms with van der Waals surface area (Å²) in [6.07, 6.45) is -8.94. The second-order valence-electron chi connectivity index (χ2n) is 20.8. The fraction of sp³-hybridized carbons (Fsp3) is 0.745. The Balaban J connectivity index is 1.67. The van der Waals surface area contributed by atoms with E-state index in [0.29, 0.717) is 24.7 Å². The van der Waals surface area contributed by atoms with Gasteiger partial charge in [-0.15, -0.1) is 0 Å². The van der Waals surface area contributed by atoms with E-state index in [0.717, 1.165) is 55.2 Å². The van der Waals surface area contributed by atoms with Gasteiger partial charge in [0, 0.05) is 45.2 Å². The van der Waals surface area contributed by atoms with Crippen molar-refractivity contribution >= 4 is 41.2 Å². The molecule has 0 unspecified atom stereocenters. The summed E-state index contributed by atoms with van der Waals surface area (Å²) in [5, 5.41) is 109. The van der Waals surface area contributed by atoms with E-state index in [2.05, 4.69) is 42.0 Å². The molecule has 0 aliphatic carbocycles. The highest BCUT2D eigenvalue weighted by molar-refractivity contribution is 5.98. The van der Waals surface area contributed by atoms with Gasteiger partial charge < -0.3 is 82.8 Å². The van der Waals surface area contributed by atoms with E-state index in [9.17, 15) is 79.5 Å². The number of fused-ring (bicyclic) bond motifs is 2. The molecule has 15 N–H and O–H groups in total. The molecule has 0 spiro atoms. The van der Waals surface area contributed by atoms with Gasteiger partial charge in [-0.1, -0.05) is 77.8 Å². The first-order valence-electron chi connectivity index (χ1n) is 26.2. The lowest BCUT2D eigenvalue weighted by molar-refractivity contribution is -0.148. The fourth-order valence-corrected chi connectivity index (χ4v) is 10.1. The molecule has 23 heteroatoms.